The Kier molecular flexibility index (Phi) is 2.94. The number of ether oxygens (including phenoxy) is 1. The van der Waals surface area contributed by atoms with E-state index in [4.69, 9.17) is 10.3 Å². The summed E-state index contributed by atoms with van der Waals surface area (Å²) >= 11 is 0. The predicted molar refractivity (Wildman–Crippen MR) is 53.9 cm³/mol. The van der Waals surface area contributed by atoms with Gasteiger partial charge in [0.2, 0.25) is 0 Å². The van der Waals surface area contributed by atoms with Crippen molar-refractivity contribution in [1.29, 1.82) is 0 Å². The fourth-order valence-corrected chi connectivity index (χ4v) is 2.62. The molecule has 1 spiro atoms. The van der Waals surface area contributed by atoms with Crippen LogP contribution in [0.5, 0.6) is 0 Å². The number of azide groups is 1. The zero-order chi connectivity index (χ0) is 9.86. The van der Waals surface area contributed by atoms with E-state index in [1.54, 1.807) is 0 Å². The van der Waals surface area contributed by atoms with Crippen LogP contribution in [0.4, 0.5) is 0 Å². The van der Waals surface area contributed by atoms with Crippen LogP contribution >= 0.6 is 0 Å². The van der Waals surface area contributed by atoms with Crippen molar-refractivity contribution in [3.05, 3.63) is 10.4 Å². The first-order valence-electron chi connectivity index (χ1n) is 5.52. The second-order valence-corrected chi connectivity index (χ2v) is 4.39. The van der Waals surface area contributed by atoms with Crippen LogP contribution in [-0.4, -0.2) is 18.8 Å². The normalized spacial score (nSPS) is 35.3. The summed E-state index contributed by atoms with van der Waals surface area (Å²) in [5.74, 6) is 0.727. The Morgan fingerprint density at radius 3 is 3.07 bits per heavy atom. The molecule has 0 N–H and O–H groups in total. The van der Waals surface area contributed by atoms with E-state index in [0.29, 0.717) is 6.54 Å². The Labute approximate surface area is 84.3 Å². The van der Waals surface area contributed by atoms with Gasteiger partial charge in [-0.2, -0.15) is 0 Å². The molecule has 2 atom stereocenters. The molecular weight excluding hydrogens is 178 g/mol. The number of nitrogens with zero attached hydrogens (tertiary/aromatic N) is 3. The summed E-state index contributed by atoms with van der Waals surface area (Å²) in [5, 5.41) is 3.56. The molecule has 78 valence electrons. The maximum absolute atomic E-state index is 8.15. The minimum Gasteiger partial charge on any atom is -0.369 e. The van der Waals surface area contributed by atoms with Crippen molar-refractivity contribution in [1.82, 2.24) is 0 Å². The number of hydrogen-bond acceptors (Lipinski definition) is 2. The molecule has 0 bridgehead atoms. The molecule has 1 saturated heterocycles. The second-order valence-electron chi connectivity index (χ2n) is 4.39. The molecule has 2 unspecified atom stereocenters. The Morgan fingerprint density at radius 2 is 2.36 bits per heavy atom. The van der Waals surface area contributed by atoms with Crippen LogP contribution in [0.2, 0.25) is 0 Å². The molecule has 1 saturated carbocycles. The Hall–Kier alpha value is -0.730. The van der Waals surface area contributed by atoms with E-state index in [1.165, 1.54) is 32.1 Å². The molecule has 1 aliphatic carbocycles. The fourth-order valence-electron chi connectivity index (χ4n) is 2.62. The lowest BCUT2D eigenvalue weighted by Crippen LogP contribution is -2.28. The van der Waals surface area contributed by atoms with E-state index >= 15 is 0 Å². The summed E-state index contributed by atoms with van der Waals surface area (Å²) in [7, 11) is 0. The smallest absolute Gasteiger partial charge is 0.0944 e. The van der Waals surface area contributed by atoms with E-state index in [2.05, 4.69) is 10.0 Å². The van der Waals surface area contributed by atoms with Gasteiger partial charge in [0.1, 0.15) is 0 Å². The molecule has 2 aliphatic rings. The highest BCUT2D eigenvalue weighted by atomic mass is 16.6. The molecule has 2 rings (SSSR count). The predicted octanol–water partition coefficient (Wildman–Crippen LogP) is 3.04. The maximum Gasteiger partial charge on any atom is 0.0944 e. The van der Waals surface area contributed by atoms with Crippen LogP contribution in [0.15, 0.2) is 5.11 Å². The van der Waals surface area contributed by atoms with E-state index in [0.717, 1.165) is 18.9 Å². The lowest BCUT2D eigenvalue weighted by atomic mass is 9.77. The molecule has 14 heavy (non-hydrogen) atoms. The Balaban J connectivity index is 1.75. The number of rotatable bonds is 4. The average Bonchev–Trinajstić information content (AvgIpc) is 2.96. The van der Waals surface area contributed by atoms with Crippen molar-refractivity contribution in [2.75, 3.05) is 13.2 Å². The summed E-state index contributed by atoms with van der Waals surface area (Å²) in [4.78, 5) is 2.76. The molecule has 0 aromatic carbocycles. The first kappa shape index (κ1) is 9.81. The minimum atomic E-state index is 0.259. The van der Waals surface area contributed by atoms with Crippen LogP contribution in [0, 0.1) is 5.92 Å². The average molecular weight is 195 g/mol. The molecule has 0 aromatic rings. The number of hydrogen-bond donors (Lipinski definition) is 0. The molecule has 0 aromatic heterocycles. The third-order valence-electron chi connectivity index (χ3n) is 3.54. The molecule has 1 heterocycles. The largest absolute Gasteiger partial charge is 0.369 e. The van der Waals surface area contributed by atoms with Gasteiger partial charge >= 0.3 is 0 Å². The van der Waals surface area contributed by atoms with Crippen LogP contribution in [0.25, 0.3) is 10.4 Å². The van der Waals surface area contributed by atoms with E-state index in [-0.39, 0.29) is 5.60 Å². The molecule has 0 radical (unpaired) electrons. The fraction of sp³-hybridized carbons (Fsp3) is 1.00. The summed E-state index contributed by atoms with van der Waals surface area (Å²) in [6.45, 7) is 1.61. The van der Waals surface area contributed by atoms with Crippen LogP contribution < -0.4 is 0 Å². The molecular formula is C10H17N3O. The van der Waals surface area contributed by atoms with Gasteiger partial charge in [-0.05, 0) is 37.1 Å². The van der Waals surface area contributed by atoms with Crippen molar-refractivity contribution < 1.29 is 4.74 Å². The van der Waals surface area contributed by atoms with Gasteiger partial charge in [0, 0.05) is 11.5 Å². The van der Waals surface area contributed by atoms with Gasteiger partial charge in [-0.25, -0.2) is 0 Å². The van der Waals surface area contributed by atoms with Gasteiger partial charge in [-0.1, -0.05) is 18.0 Å². The van der Waals surface area contributed by atoms with Crippen LogP contribution in [0.3, 0.4) is 0 Å². The van der Waals surface area contributed by atoms with E-state index in [1.807, 2.05) is 0 Å². The van der Waals surface area contributed by atoms with Gasteiger partial charge in [-0.15, -0.1) is 0 Å². The molecule has 2 fully saturated rings. The highest BCUT2D eigenvalue weighted by Crippen LogP contribution is 2.47. The third kappa shape index (κ3) is 2.02. The molecule has 4 heteroatoms. The molecule has 0 amide bonds. The zero-order valence-electron chi connectivity index (χ0n) is 8.48. The quantitative estimate of drug-likeness (QED) is 0.223. The topological polar surface area (TPSA) is 61.3 Å². The first-order valence-corrected chi connectivity index (χ1v) is 5.52. The van der Waals surface area contributed by atoms with Gasteiger partial charge in [-0.3, -0.25) is 0 Å². The lowest BCUT2D eigenvalue weighted by molar-refractivity contribution is 0.149. The lowest BCUT2D eigenvalue weighted by Gasteiger charge is -2.28. The Bertz CT molecular complexity index is 244. The van der Waals surface area contributed by atoms with Crippen LogP contribution in [0.1, 0.15) is 38.5 Å². The standard InChI is InChI=1S/C10H17N3O/c11-13-12-7-3-5-9-4-1-2-6-10(9)8-14-10/h9H,1-8H2. The summed E-state index contributed by atoms with van der Waals surface area (Å²) in [5.41, 5.74) is 8.41. The summed E-state index contributed by atoms with van der Waals surface area (Å²) in [6.07, 6.45) is 7.40. The first-order chi connectivity index (χ1) is 6.87. The van der Waals surface area contributed by atoms with Crippen molar-refractivity contribution in [2.45, 2.75) is 44.1 Å². The van der Waals surface area contributed by atoms with Crippen molar-refractivity contribution in [3.8, 4) is 0 Å². The minimum absolute atomic E-state index is 0.259. The zero-order valence-corrected chi connectivity index (χ0v) is 8.48. The summed E-state index contributed by atoms with van der Waals surface area (Å²) in [6, 6.07) is 0. The van der Waals surface area contributed by atoms with Crippen molar-refractivity contribution in [3.63, 3.8) is 0 Å². The SMILES string of the molecule is [N-]=[N+]=NCCCC1CCCCC12CO2. The van der Waals surface area contributed by atoms with E-state index in [9.17, 15) is 0 Å². The van der Waals surface area contributed by atoms with Gasteiger partial charge in [0.15, 0.2) is 0 Å². The molecule has 1 aliphatic heterocycles. The second kappa shape index (κ2) is 4.20. The maximum atomic E-state index is 8.15. The van der Waals surface area contributed by atoms with Gasteiger partial charge in [0.25, 0.3) is 0 Å². The third-order valence-corrected chi connectivity index (χ3v) is 3.54. The monoisotopic (exact) mass is 195 g/mol. The van der Waals surface area contributed by atoms with E-state index < -0.39 is 0 Å². The van der Waals surface area contributed by atoms with Gasteiger partial charge in [0.05, 0.1) is 12.2 Å². The molecule has 4 nitrogen and oxygen atoms in total. The Morgan fingerprint density at radius 1 is 1.50 bits per heavy atom. The highest BCUT2D eigenvalue weighted by Gasteiger charge is 2.51. The summed E-state index contributed by atoms with van der Waals surface area (Å²) < 4.78 is 5.60. The highest BCUT2D eigenvalue weighted by molar-refractivity contribution is 5.00. The van der Waals surface area contributed by atoms with Crippen molar-refractivity contribution >= 4 is 0 Å². The van der Waals surface area contributed by atoms with Crippen LogP contribution in [-0.2, 0) is 4.74 Å². The van der Waals surface area contributed by atoms with Crippen molar-refractivity contribution in [2.24, 2.45) is 11.0 Å². The van der Waals surface area contributed by atoms with Gasteiger partial charge < -0.3 is 4.74 Å². The number of epoxide rings is 1.